The molecule has 2 aliphatic rings. The van der Waals surface area contributed by atoms with Crippen LogP contribution in [0.3, 0.4) is 0 Å². The van der Waals surface area contributed by atoms with Gasteiger partial charge in [-0.2, -0.15) is 0 Å². The van der Waals surface area contributed by atoms with Crippen LogP contribution < -0.4 is 15.1 Å². The zero-order chi connectivity index (χ0) is 21.6. The van der Waals surface area contributed by atoms with Gasteiger partial charge in [0.15, 0.2) is 5.96 Å². The number of nitrogens with one attached hydrogen (secondary N) is 1. The molecule has 0 aromatic heterocycles. The minimum atomic E-state index is -0.221. The van der Waals surface area contributed by atoms with Crippen LogP contribution in [0.5, 0.6) is 0 Å². The number of piperazine rings is 1. The number of morpholine rings is 1. The van der Waals surface area contributed by atoms with Crippen LogP contribution in [0.4, 0.5) is 20.2 Å². The lowest BCUT2D eigenvalue weighted by Gasteiger charge is -2.37. The van der Waals surface area contributed by atoms with E-state index in [1.54, 1.807) is 13.1 Å². The lowest BCUT2D eigenvalue weighted by molar-refractivity contribution is 0.122. The molecule has 0 atom stereocenters. The first-order valence-corrected chi connectivity index (χ1v) is 10.7. The Kier molecular flexibility index (Phi) is 6.86. The molecule has 31 heavy (non-hydrogen) atoms. The highest BCUT2D eigenvalue weighted by molar-refractivity contribution is 5.80. The second-order valence-corrected chi connectivity index (χ2v) is 7.74. The van der Waals surface area contributed by atoms with Crippen LogP contribution in [-0.4, -0.2) is 70.4 Å². The summed E-state index contributed by atoms with van der Waals surface area (Å²) in [6, 6.07) is 12.0. The fourth-order valence-electron chi connectivity index (χ4n) is 4.06. The monoisotopic (exact) mass is 429 g/mol. The van der Waals surface area contributed by atoms with Crippen molar-refractivity contribution in [3.05, 3.63) is 59.7 Å². The van der Waals surface area contributed by atoms with Gasteiger partial charge >= 0.3 is 0 Å². The second-order valence-electron chi connectivity index (χ2n) is 7.74. The molecular formula is C23H29F2N5O. The molecule has 0 spiro atoms. The zero-order valence-electron chi connectivity index (χ0n) is 17.9. The molecule has 2 fully saturated rings. The van der Waals surface area contributed by atoms with Gasteiger partial charge in [-0.1, -0.05) is 6.07 Å². The van der Waals surface area contributed by atoms with Crippen molar-refractivity contribution < 1.29 is 13.5 Å². The van der Waals surface area contributed by atoms with Crippen LogP contribution in [0.1, 0.15) is 5.56 Å². The van der Waals surface area contributed by atoms with Gasteiger partial charge in [0.05, 0.1) is 18.9 Å². The summed E-state index contributed by atoms with van der Waals surface area (Å²) in [5.41, 5.74) is 2.54. The SMILES string of the molecule is CN=C(NCc1ccc(N2CCOCC2)c(F)c1)N1CCN(c2ccc(F)cc2)CC1. The second kappa shape index (κ2) is 9.96. The van der Waals surface area contributed by atoms with Crippen LogP contribution in [0.15, 0.2) is 47.5 Å². The number of aliphatic imine (C=N–C) groups is 1. The Balaban J connectivity index is 1.30. The molecule has 2 aliphatic heterocycles. The molecule has 2 aromatic rings. The van der Waals surface area contributed by atoms with Gasteiger partial charge in [0, 0.05) is 58.5 Å². The molecule has 4 rings (SSSR count). The van der Waals surface area contributed by atoms with Crippen molar-refractivity contribution >= 4 is 17.3 Å². The molecule has 0 radical (unpaired) electrons. The van der Waals surface area contributed by atoms with E-state index in [2.05, 4.69) is 20.1 Å². The summed E-state index contributed by atoms with van der Waals surface area (Å²) in [5.74, 6) is 0.377. The highest BCUT2D eigenvalue weighted by Crippen LogP contribution is 2.22. The molecule has 6 nitrogen and oxygen atoms in total. The maximum Gasteiger partial charge on any atom is 0.194 e. The molecule has 0 unspecified atom stereocenters. The van der Waals surface area contributed by atoms with E-state index in [-0.39, 0.29) is 11.6 Å². The number of anilines is 2. The minimum absolute atomic E-state index is 0.205. The van der Waals surface area contributed by atoms with E-state index < -0.39 is 0 Å². The molecule has 8 heteroatoms. The standard InChI is InChI=1S/C23H29F2N5O/c1-26-23(30-10-8-28(9-11-30)20-5-3-19(24)4-6-20)27-17-18-2-7-22(21(25)16-18)29-12-14-31-15-13-29/h2-7,16H,8-15,17H2,1H3,(H,26,27). The van der Waals surface area contributed by atoms with Crippen LogP contribution in [0, 0.1) is 11.6 Å². The van der Waals surface area contributed by atoms with Crippen LogP contribution in [0.25, 0.3) is 0 Å². The lowest BCUT2D eigenvalue weighted by atomic mass is 10.1. The van der Waals surface area contributed by atoms with Gasteiger partial charge in [-0.25, -0.2) is 8.78 Å². The van der Waals surface area contributed by atoms with Crippen molar-refractivity contribution in [1.29, 1.82) is 0 Å². The zero-order valence-corrected chi connectivity index (χ0v) is 17.9. The maximum absolute atomic E-state index is 14.6. The van der Waals surface area contributed by atoms with E-state index in [1.807, 2.05) is 29.2 Å². The molecule has 1 N–H and O–H groups in total. The van der Waals surface area contributed by atoms with Crippen molar-refractivity contribution in [2.24, 2.45) is 4.99 Å². The number of ether oxygens (including phenoxy) is 1. The Morgan fingerprint density at radius 1 is 0.935 bits per heavy atom. The summed E-state index contributed by atoms with van der Waals surface area (Å²) in [6.45, 7) is 6.47. The smallest absolute Gasteiger partial charge is 0.194 e. The van der Waals surface area contributed by atoms with Crippen LogP contribution in [0.2, 0.25) is 0 Å². The Morgan fingerprint density at radius 2 is 1.65 bits per heavy atom. The summed E-state index contributed by atoms with van der Waals surface area (Å²) in [4.78, 5) is 10.9. The minimum Gasteiger partial charge on any atom is -0.378 e. The Morgan fingerprint density at radius 3 is 2.29 bits per heavy atom. The van der Waals surface area contributed by atoms with Gasteiger partial charge in [0.2, 0.25) is 0 Å². The first-order valence-electron chi connectivity index (χ1n) is 10.7. The molecule has 166 valence electrons. The normalized spacial score (nSPS) is 17.8. The number of nitrogens with zero attached hydrogens (tertiary/aromatic N) is 4. The summed E-state index contributed by atoms with van der Waals surface area (Å²) in [6.07, 6.45) is 0. The average molecular weight is 430 g/mol. The van der Waals surface area contributed by atoms with Crippen molar-refractivity contribution in [2.75, 3.05) is 69.3 Å². The molecular weight excluding hydrogens is 400 g/mol. The van der Waals surface area contributed by atoms with E-state index in [0.29, 0.717) is 38.5 Å². The fourth-order valence-corrected chi connectivity index (χ4v) is 4.06. The maximum atomic E-state index is 14.6. The van der Waals surface area contributed by atoms with Gasteiger partial charge in [-0.3, -0.25) is 4.99 Å². The van der Waals surface area contributed by atoms with E-state index in [1.165, 1.54) is 12.1 Å². The van der Waals surface area contributed by atoms with Crippen molar-refractivity contribution in [1.82, 2.24) is 10.2 Å². The van der Waals surface area contributed by atoms with Crippen molar-refractivity contribution in [2.45, 2.75) is 6.54 Å². The molecule has 2 saturated heterocycles. The molecule has 0 bridgehead atoms. The fraction of sp³-hybridized carbons (Fsp3) is 0.435. The number of benzene rings is 2. The van der Waals surface area contributed by atoms with E-state index in [0.717, 1.165) is 43.4 Å². The third kappa shape index (κ3) is 5.25. The third-order valence-electron chi connectivity index (χ3n) is 5.80. The predicted octanol–water partition coefficient (Wildman–Crippen LogP) is 2.70. The molecule has 2 heterocycles. The third-order valence-corrected chi connectivity index (χ3v) is 5.80. The summed E-state index contributed by atoms with van der Waals surface area (Å²) >= 11 is 0. The Labute approximate surface area is 182 Å². The average Bonchev–Trinajstić information content (AvgIpc) is 2.81. The highest BCUT2D eigenvalue weighted by atomic mass is 19.1. The number of guanidine groups is 1. The summed E-state index contributed by atoms with van der Waals surface area (Å²) in [5, 5.41) is 3.35. The largest absolute Gasteiger partial charge is 0.378 e. The summed E-state index contributed by atoms with van der Waals surface area (Å²) in [7, 11) is 1.76. The lowest BCUT2D eigenvalue weighted by Crippen LogP contribution is -2.52. The van der Waals surface area contributed by atoms with Gasteiger partial charge < -0.3 is 24.8 Å². The van der Waals surface area contributed by atoms with Crippen LogP contribution >= 0.6 is 0 Å². The highest BCUT2D eigenvalue weighted by Gasteiger charge is 2.20. The summed E-state index contributed by atoms with van der Waals surface area (Å²) < 4.78 is 33.1. The van der Waals surface area contributed by atoms with Gasteiger partial charge in [0.25, 0.3) is 0 Å². The number of halogens is 2. The van der Waals surface area contributed by atoms with Crippen LogP contribution in [-0.2, 0) is 11.3 Å². The van der Waals surface area contributed by atoms with Gasteiger partial charge in [-0.05, 0) is 42.0 Å². The molecule has 2 aromatic carbocycles. The first kappa shape index (κ1) is 21.4. The Bertz CT molecular complexity index is 891. The topological polar surface area (TPSA) is 43.3 Å². The molecule has 0 aliphatic carbocycles. The number of rotatable bonds is 4. The predicted molar refractivity (Wildman–Crippen MR) is 120 cm³/mol. The van der Waals surface area contributed by atoms with Gasteiger partial charge in [0.1, 0.15) is 11.6 Å². The number of hydrogen-bond acceptors (Lipinski definition) is 4. The van der Waals surface area contributed by atoms with E-state index in [9.17, 15) is 8.78 Å². The van der Waals surface area contributed by atoms with Gasteiger partial charge in [-0.15, -0.1) is 0 Å². The molecule has 0 amide bonds. The van der Waals surface area contributed by atoms with E-state index >= 15 is 0 Å². The Hall–Kier alpha value is -2.87. The van der Waals surface area contributed by atoms with Crippen molar-refractivity contribution in [3.63, 3.8) is 0 Å². The quantitative estimate of drug-likeness (QED) is 0.598. The first-order chi connectivity index (χ1) is 15.1. The molecule has 0 saturated carbocycles. The van der Waals surface area contributed by atoms with Crippen molar-refractivity contribution in [3.8, 4) is 0 Å². The number of hydrogen-bond donors (Lipinski definition) is 1. The van der Waals surface area contributed by atoms with E-state index in [4.69, 9.17) is 4.74 Å².